The Bertz CT molecular complexity index is 1210. The Morgan fingerprint density at radius 1 is 1.03 bits per heavy atom. The van der Waals surface area contributed by atoms with Gasteiger partial charge in [-0.05, 0) is 82.3 Å². The number of aliphatic carboxylic acids is 1. The van der Waals surface area contributed by atoms with Crippen molar-refractivity contribution in [2.75, 3.05) is 7.11 Å². The van der Waals surface area contributed by atoms with Crippen molar-refractivity contribution in [1.29, 1.82) is 0 Å². The zero-order valence-electron chi connectivity index (χ0n) is 20.2. The van der Waals surface area contributed by atoms with Crippen molar-refractivity contribution in [2.24, 2.45) is 0 Å². The predicted molar refractivity (Wildman–Crippen MR) is 131 cm³/mol. The molecule has 3 aromatic rings. The summed E-state index contributed by atoms with van der Waals surface area (Å²) in [5.74, 6) is 0.328. The van der Waals surface area contributed by atoms with Gasteiger partial charge in [0.05, 0.1) is 13.5 Å². The summed E-state index contributed by atoms with van der Waals surface area (Å²) < 4.78 is 26.1. The maximum Gasteiger partial charge on any atom is 0.303 e. The van der Waals surface area contributed by atoms with Crippen LogP contribution in [0.15, 0.2) is 54.6 Å². The Kier molecular flexibility index (Phi) is 6.65. The zero-order chi connectivity index (χ0) is 24.5. The molecular formula is C29H31FO4. The average Bonchev–Trinajstić information content (AvgIpc) is 3.19. The number of rotatable bonds is 7. The molecule has 34 heavy (non-hydrogen) atoms. The van der Waals surface area contributed by atoms with Crippen molar-refractivity contribution in [3.8, 4) is 22.6 Å². The topological polar surface area (TPSA) is 55.8 Å². The molecule has 0 unspecified atom stereocenters. The first kappa shape index (κ1) is 23.8. The van der Waals surface area contributed by atoms with Gasteiger partial charge in [-0.2, -0.15) is 0 Å². The Hall–Kier alpha value is -3.34. The number of aryl methyl sites for hydroxylation is 1. The maximum atomic E-state index is 14.7. The van der Waals surface area contributed by atoms with Gasteiger partial charge >= 0.3 is 5.97 Å². The lowest BCUT2D eigenvalue weighted by Gasteiger charge is -2.24. The van der Waals surface area contributed by atoms with E-state index in [-0.39, 0.29) is 23.6 Å². The summed E-state index contributed by atoms with van der Waals surface area (Å²) in [5, 5.41) is 9.20. The van der Waals surface area contributed by atoms with E-state index in [1.165, 1.54) is 11.6 Å². The molecule has 4 nitrogen and oxygen atoms in total. The molecule has 0 saturated carbocycles. The minimum atomic E-state index is -0.772. The van der Waals surface area contributed by atoms with Crippen molar-refractivity contribution in [1.82, 2.24) is 0 Å². The van der Waals surface area contributed by atoms with E-state index >= 15 is 0 Å². The summed E-state index contributed by atoms with van der Waals surface area (Å²) in [6.07, 6.45) is 1.92. The number of hydrogen-bond donors (Lipinski definition) is 1. The molecule has 0 aliphatic heterocycles. The van der Waals surface area contributed by atoms with Crippen LogP contribution in [0.25, 0.3) is 11.1 Å². The van der Waals surface area contributed by atoms with Crippen LogP contribution in [0.5, 0.6) is 11.5 Å². The van der Waals surface area contributed by atoms with Crippen LogP contribution < -0.4 is 9.47 Å². The first-order valence-electron chi connectivity index (χ1n) is 11.6. The maximum absolute atomic E-state index is 14.7. The number of carboxylic acid groups (broad SMARTS) is 1. The molecule has 0 aromatic heterocycles. The van der Waals surface area contributed by atoms with E-state index in [0.717, 1.165) is 40.8 Å². The fraction of sp³-hybridized carbons (Fsp3) is 0.345. The number of carbonyl (C=O) groups is 1. The van der Waals surface area contributed by atoms with Crippen LogP contribution in [-0.2, 0) is 23.2 Å². The second-order valence-electron chi connectivity index (χ2n) is 9.96. The van der Waals surface area contributed by atoms with Crippen LogP contribution in [0.2, 0.25) is 0 Å². The molecule has 1 aliphatic carbocycles. The summed E-state index contributed by atoms with van der Waals surface area (Å²) in [4.78, 5) is 11.2. The molecular weight excluding hydrogens is 431 g/mol. The number of fused-ring (bicyclic) bond motifs is 1. The highest BCUT2D eigenvalue weighted by atomic mass is 19.1. The van der Waals surface area contributed by atoms with Gasteiger partial charge < -0.3 is 14.6 Å². The average molecular weight is 463 g/mol. The van der Waals surface area contributed by atoms with Gasteiger partial charge in [0.15, 0.2) is 0 Å². The Morgan fingerprint density at radius 3 is 2.50 bits per heavy atom. The number of halogens is 1. The zero-order valence-corrected chi connectivity index (χ0v) is 20.2. The van der Waals surface area contributed by atoms with Crippen molar-refractivity contribution < 1.29 is 23.8 Å². The van der Waals surface area contributed by atoms with Gasteiger partial charge in [-0.15, -0.1) is 0 Å². The van der Waals surface area contributed by atoms with E-state index in [9.17, 15) is 14.3 Å². The van der Waals surface area contributed by atoms with E-state index in [0.29, 0.717) is 17.9 Å². The van der Waals surface area contributed by atoms with Crippen molar-refractivity contribution in [2.45, 2.75) is 58.0 Å². The molecule has 3 aromatic carbocycles. The Balaban J connectivity index is 1.59. The van der Waals surface area contributed by atoms with E-state index in [1.54, 1.807) is 19.2 Å². The lowest BCUT2D eigenvalue weighted by molar-refractivity contribution is -0.137. The van der Waals surface area contributed by atoms with Crippen LogP contribution in [0.4, 0.5) is 4.39 Å². The minimum Gasteiger partial charge on any atom is -0.497 e. The van der Waals surface area contributed by atoms with Crippen molar-refractivity contribution in [3.63, 3.8) is 0 Å². The van der Waals surface area contributed by atoms with Gasteiger partial charge in [0.25, 0.3) is 0 Å². The van der Waals surface area contributed by atoms with Gasteiger partial charge in [-0.25, -0.2) is 4.39 Å². The SMILES string of the molecule is COc1ccc(F)c(-c2ccc(COc3ccc4c(c3)[C@@H](CC(=O)O)CC4)cc2C(C)(C)C)c1. The highest BCUT2D eigenvalue weighted by Gasteiger charge is 2.25. The normalized spacial score (nSPS) is 15.1. The summed E-state index contributed by atoms with van der Waals surface area (Å²) in [6, 6.07) is 16.8. The van der Waals surface area contributed by atoms with Gasteiger partial charge in [0.2, 0.25) is 0 Å². The number of methoxy groups -OCH3 is 1. The summed E-state index contributed by atoms with van der Waals surface area (Å²) >= 11 is 0. The van der Waals surface area contributed by atoms with Gasteiger partial charge in [0.1, 0.15) is 23.9 Å². The quantitative estimate of drug-likeness (QED) is 0.416. The third-order valence-electron chi connectivity index (χ3n) is 6.50. The largest absolute Gasteiger partial charge is 0.497 e. The predicted octanol–water partition coefficient (Wildman–Crippen LogP) is 6.88. The highest BCUT2D eigenvalue weighted by molar-refractivity contribution is 5.71. The summed E-state index contributed by atoms with van der Waals surface area (Å²) in [5.41, 5.74) is 5.44. The number of carboxylic acids is 1. The van der Waals surface area contributed by atoms with Gasteiger partial charge in [0, 0.05) is 5.56 Å². The summed E-state index contributed by atoms with van der Waals surface area (Å²) in [6.45, 7) is 6.69. The van der Waals surface area contributed by atoms with E-state index < -0.39 is 5.97 Å². The molecule has 1 atom stereocenters. The molecule has 0 heterocycles. The van der Waals surface area contributed by atoms with Crippen LogP contribution in [0.3, 0.4) is 0 Å². The molecule has 0 saturated heterocycles. The van der Waals surface area contributed by atoms with Gasteiger partial charge in [-0.1, -0.05) is 45.0 Å². The van der Waals surface area contributed by atoms with E-state index in [4.69, 9.17) is 9.47 Å². The molecule has 5 heteroatoms. The van der Waals surface area contributed by atoms with Crippen LogP contribution in [0.1, 0.15) is 61.8 Å². The molecule has 4 rings (SSSR count). The third kappa shape index (κ3) is 5.09. The fourth-order valence-corrected chi connectivity index (χ4v) is 4.72. The first-order chi connectivity index (χ1) is 16.2. The van der Waals surface area contributed by atoms with Crippen LogP contribution in [-0.4, -0.2) is 18.2 Å². The number of benzene rings is 3. The molecule has 0 amide bonds. The lowest BCUT2D eigenvalue weighted by atomic mass is 9.81. The number of hydrogen-bond acceptors (Lipinski definition) is 3. The molecule has 1 N–H and O–H groups in total. The Morgan fingerprint density at radius 2 is 1.79 bits per heavy atom. The summed E-state index contributed by atoms with van der Waals surface area (Å²) in [7, 11) is 1.57. The minimum absolute atomic E-state index is 0.0422. The molecule has 178 valence electrons. The van der Waals surface area contributed by atoms with Crippen LogP contribution >= 0.6 is 0 Å². The molecule has 0 spiro atoms. The lowest BCUT2D eigenvalue weighted by Crippen LogP contribution is -2.14. The van der Waals surface area contributed by atoms with E-state index in [1.807, 2.05) is 30.3 Å². The van der Waals surface area contributed by atoms with Crippen molar-refractivity contribution in [3.05, 3.63) is 82.7 Å². The smallest absolute Gasteiger partial charge is 0.303 e. The highest BCUT2D eigenvalue weighted by Crippen LogP contribution is 2.39. The first-order valence-corrected chi connectivity index (χ1v) is 11.6. The Labute approximate surface area is 200 Å². The second-order valence-corrected chi connectivity index (χ2v) is 9.96. The third-order valence-corrected chi connectivity index (χ3v) is 6.50. The molecule has 0 fully saturated rings. The fourth-order valence-electron chi connectivity index (χ4n) is 4.72. The number of ether oxygens (including phenoxy) is 2. The monoisotopic (exact) mass is 462 g/mol. The van der Waals surface area contributed by atoms with Crippen molar-refractivity contribution >= 4 is 5.97 Å². The van der Waals surface area contributed by atoms with Gasteiger partial charge in [-0.3, -0.25) is 4.79 Å². The second kappa shape index (κ2) is 9.49. The molecule has 0 bridgehead atoms. The molecule has 1 aliphatic rings. The van der Waals surface area contributed by atoms with Crippen LogP contribution in [0, 0.1) is 5.82 Å². The van der Waals surface area contributed by atoms with E-state index in [2.05, 4.69) is 26.8 Å². The standard InChI is InChI=1S/C29H31FO4/c1-29(2,3)26-13-18(5-11-23(26)25-15-21(33-4)10-12-27(25)30)17-34-22-9-8-19-6-7-20(14-28(31)32)24(19)16-22/h5,8-13,15-16,20H,6-7,14,17H2,1-4H3,(H,31,32)/t20-/m1/s1. The molecule has 0 radical (unpaired) electrons.